The highest BCUT2D eigenvalue weighted by Crippen LogP contribution is 2.30. The molecule has 0 aliphatic heterocycles. The molecule has 0 fully saturated rings. The lowest BCUT2D eigenvalue weighted by Gasteiger charge is -2.11. The van der Waals surface area contributed by atoms with Gasteiger partial charge in [0, 0.05) is 7.05 Å². The summed E-state index contributed by atoms with van der Waals surface area (Å²) >= 11 is 6.22. The summed E-state index contributed by atoms with van der Waals surface area (Å²) in [7, 11) is 1.76. The van der Waals surface area contributed by atoms with E-state index in [-0.39, 0.29) is 11.0 Å². The Kier molecular flexibility index (Phi) is 5.74. The number of nitrogens with zero attached hydrogens (tertiary/aromatic N) is 4. The molecule has 1 heterocycles. The molecular weight excluding hydrogens is 414 g/mol. The lowest BCUT2D eigenvalue weighted by atomic mass is 10.2. The smallest absolute Gasteiger partial charge is 0.352 e. The molecule has 8 heteroatoms. The molecule has 0 saturated heterocycles. The topological polar surface area (TPSA) is 84.9 Å². The lowest BCUT2D eigenvalue weighted by molar-refractivity contribution is 0.484. The van der Waals surface area contributed by atoms with Gasteiger partial charge in [0.25, 0.3) is 0 Å². The first-order chi connectivity index (χ1) is 15.1. The maximum absolute atomic E-state index is 12.8. The molecule has 0 spiro atoms. The first-order valence-corrected chi connectivity index (χ1v) is 9.86. The van der Waals surface area contributed by atoms with Gasteiger partial charge in [0.2, 0.25) is 5.28 Å². The summed E-state index contributed by atoms with van der Waals surface area (Å²) in [5.74, 6) is 1.16. The van der Waals surface area contributed by atoms with E-state index in [1.807, 2.05) is 30.3 Å². The van der Waals surface area contributed by atoms with E-state index in [1.165, 1.54) is 9.25 Å². The van der Waals surface area contributed by atoms with E-state index in [2.05, 4.69) is 16.5 Å². The van der Waals surface area contributed by atoms with Crippen molar-refractivity contribution in [3.05, 3.63) is 99.7 Å². The van der Waals surface area contributed by atoms with Crippen molar-refractivity contribution in [1.29, 1.82) is 5.26 Å². The van der Waals surface area contributed by atoms with Crippen LogP contribution in [0.1, 0.15) is 11.1 Å². The van der Waals surface area contributed by atoms with E-state index in [9.17, 15) is 4.79 Å². The Morgan fingerprint density at radius 1 is 1.10 bits per heavy atom. The Bertz CT molecular complexity index is 1300. The summed E-state index contributed by atoms with van der Waals surface area (Å²) in [5.41, 5.74) is 2.43. The Morgan fingerprint density at radius 2 is 1.84 bits per heavy atom. The molecule has 1 aromatic heterocycles. The largest absolute Gasteiger partial charge is 0.455 e. The van der Waals surface area contributed by atoms with Crippen molar-refractivity contribution < 1.29 is 4.74 Å². The zero-order valence-corrected chi connectivity index (χ0v) is 17.4. The number of nitrogens with one attached hydrogen (secondary N) is 1. The maximum Gasteiger partial charge on any atom is 0.352 e. The molecule has 0 radical (unpaired) electrons. The zero-order chi connectivity index (χ0) is 21.8. The molecule has 4 rings (SSSR count). The average Bonchev–Trinajstić information content (AvgIpc) is 3.09. The zero-order valence-electron chi connectivity index (χ0n) is 16.6. The van der Waals surface area contributed by atoms with Gasteiger partial charge in [0.1, 0.15) is 5.75 Å². The van der Waals surface area contributed by atoms with Crippen LogP contribution >= 0.6 is 11.6 Å². The summed E-state index contributed by atoms with van der Waals surface area (Å²) in [4.78, 5) is 12.8. The van der Waals surface area contributed by atoms with Crippen LogP contribution in [0.2, 0.25) is 5.28 Å². The van der Waals surface area contributed by atoms with Crippen LogP contribution in [-0.2, 0) is 6.54 Å². The third-order valence-corrected chi connectivity index (χ3v) is 4.97. The summed E-state index contributed by atoms with van der Waals surface area (Å²) in [6.07, 6.45) is 0. The third-order valence-electron chi connectivity index (χ3n) is 4.69. The van der Waals surface area contributed by atoms with Gasteiger partial charge < -0.3 is 10.1 Å². The standard InChI is InChI=1S/C23H18ClN5O2/c1-26-20-13-17(14-25)7-12-21(20)31-19-10-8-18(9-11-19)29-23(30)28(22(24)27-29)15-16-5-3-2-4-6-16/h2-13,26H,15H2,1H3. The number of hydrogen-bond donors (Lipinski definition) is 1. The van der Waals surface area contributed by atoms with Gasteiger partial charge >= 0.3 is 5.69 Å². The first-order valence-electron chi connectivity index (χ1n) is 9.48. The van der Waals surface area contributed by atoms with Gasteiger partial charge in [-0.2, -0.15) is 9.94 Å². The van der Waals surface area contributed by atoms with Crippen LogP contribution in [0, 0.1) is 11.3 Å². The van der Waals surface area contributed by atoms with Crippen molar-refractivity contribution in [2.75, 3.05) is 12.4 Å². The molecule has 7 nitrogen and oxygen atoms in total. The van der Waals surface area contributed by atoms with Crippen molar-refractivity contribution in [2.45, 2.75) is 6.54 Å². The summed E-state index contributed by atoms with van der Waals surface area (Å²) < 4.78 is 8.59. The molecular formula is C23H18ClN5O2. The molecule has 3 aromatic carbocycles. The van der Waals surface area contributed by atoms with Crippen LogP contribution in [0.4, 0.5) is 5.69 Å². The molecule has 0 bridgehead atoms. The van der Waals surface area contributed by atoms with E-state index in [4.69, 9.17) is 21.6 Å². The maximum atomic E-state index is 12.8. The highest BCUT2D eigenvalue weighted by Gasteiger charge is 2.14. The van der Waals surface area contributed by atoms with E-state index in [0.717, 1.165) is 5.56 Å². The van der Waals surface area contributed by atoms with Crippen LogP contribution in [0.3, 0.4) is 0 Å². The minimum atomic E-state index is -0.327. The number of rotatable bonds is 6. The third kappa shape index (κ3) is 4.29. The van der Waals surface area contributed by atoms with Crippen LogP contribution in [-0.4, -0.2) is 21.4 Å². The monoisotopic (exact) mass is 431 g/mol. The quantitative estimate of drug-likeness (QED) is 0.487. The van der Waals surface area contributed by atoms with E-state index in [1.54, 1.807) is 49.5 Å². The van der Waals surface area contributed by atoms with E-state index >= 15 is 0 Å². The predicted molar refractivity (Wildman–Crippen MR) is 119 cm³/mol. The van der Waals surface area contributed by atoms with Crippen LogP contribution < -0.4 is 15.7 Å². The fraction of sp³-hybridized carbons (Fsp3) is 0.0870. The number of ether oxygens (including phenoxy) is 1. The normalized spacial score (nSPS) is 10.5. The lowest BCUT2D eigenvalue weighted by Crippen LogP contribution is -2.24. The van der Waals surface area contributed by atoms with Gasteiger partial charge in [-0.1, -0.05) is 30.3 Å². The average molecular weight is 432 g/mol. The van der Waals surface area contributed by atoms with Crippen molar-refractivity contribution in [1.82, 2.24) is 14.3 Å². The van der Waals surface area contributed by atoms with Gasteiger partial charge in [-0.25, -0.2) is 4.79 Å². The molecule has 154 valence electrons. The first kappa shape index (κ1) is 20.3. The number of hydrogen-bond acceptors (Lipinski definition) is 5. The second kappa shape index (κ2) is 8.78. The molecule has 0 amide bonds. The second-order valence-corrected chi connectivity index (χ2v) is 7.04. The van der Waals surface area contributed by atoms with Crippen LogP contribution in [0.15, 0.2) is 77.6 Å². The molecule has 0 unspecified atom stereocenters. The van der Waals surface area contributed by atoms with Crippen LogP contribution in [0.5, 0.6) is 11.5 Å². The Hall–Kier alpha value is -4.02. The predicted octanol–water partition coefficient (Wildman–Crippen LogP) is 4.44. The molecule has 0 atom stereocenters. The fourth-order valence-corrected chi connectivity index (χ4v) is 3.31. The Morgan fingerprint density at radius 3 is 2.52 bits per heavy atom. The van der Waals surface area contributed by atoms with Crippen molar-refractivity contribution in [3.63, 3.8) is 0 Å². The molecule has 0 aliphatic carbocycles. The number of anilines is 1. The Balaban J connectivity index is 1.57. The van der Waals surface area contributed by atoms with Crippen molar-refractivity contribution in [3.8, 4) is 23.3 Å². The molecule has 0 saturated carbocycles. The minimum absolute atomic E-state index is 0.116. The summed E-state index contributed by atoms with van der Waals surface area (Å²) in [6.45, 7) is 0.338. The number of nitriles is 1. The van der Waals surface area contributed by atoms with Crippen LogP contribution in [0.25, 0.3) is 5.69 Å². The number of aromatic nitrogens is 3. The van der Waals surface area contributed by atoms with Gasteiger partial charge in [-0.05, 0) is 59.6 Å². The van der Waals surface area contributed by atoms with Crippen molar-refractivity contribution >= 4 is 17.3 Å². The number of halogens is 1. The van der Waals surface area contributed by atoms with Gasteiger partial charge in [0.05, 0.1) is 29.6 Å². The van der Waals surface area contributed by atoms with Gasteiger partial charge in [-0.3, -0.25) is 4.57 Å². The Labute approximate surface area is 183 Å². The fourth-order valence-electron chi connectivity index (χ4n) is 3.11. The SMILES string of the molecule is CNc1cc(C#N)ccc1Oc1ccc(-n2nc(Cl)n(Cc3ccccc3)c2=O)cc1. The second-order valence-electron chi connectivity index (χ2n) is 6.70. The summed E-state index contributed by atoms with van der Waals surface area (Å²) in [5, 5.41) is 16.4. The summed E-state index contributed by atoms with van der Waals surface area (Å²) in [6, 6.07) is 23.8. The minimum Gasteiger partial charge on any atom is -0.455 e. The molecule has 4 aromatic rings. The van der Waals surface area contributed by atoms with Gasteiger partial charge in [-0.15, -0.1) is 5.10 Å². The number of benzene rings is 3. The van der Waals surface area contributed by atoms with E-state index in [0.29, 0.717) is 35.0 Å². The van der Waals surface area contributed by atoms with Crippen molar-refractivity contribution in [2.24, 2.45) is 0 Å². The molecule has 31 heavy (non-hydrogen) atoms. The molecule has 0 aliphatic rings. The highest BCUT2D eigenvalue weighted by molar-refractivity contribution is 6.28. The highest BCUT2D eigenvalue weighted by atomic mass is 35.5. The van der Waals surface area contributed by atoms with E-state index < -0.39 is 0 Å². The molecule has 1 N–H and O–H groups in total. The van der Waals surface area contributed by atoms with Gasteiger partial charge in [0.15, 0.2) is 5.75 Å².